The molecular weight excluding hydrogens is 324 g/mol. The average molecular weight is 343 g/mol. The number of benzene rings is 2. The van der Waals surface area contributed by atoms with E-state index in [2.05, 4.69) is 0 Å². The lowest BCUT2D eigenvalue weighted by Gasteiger charge is -2.39. The molecule has 0 aliphatic carbocycles. The first-order valence-electron chi connectivity index (χ1n) is 7.92. The summed E-state index contributed by atoms with van der Waals surface area (Å²) in [6.45, 7) is 4.74. The molecule has 0 saturated carbocycles. The first-order chi connectivity index (χ1) is 11.5. The molecule has 3 rings (SSSR count). The van der Waals surface area contributed by atoms with Crippen LogP contribution in [-0.4, -0.2) is 35.8 Å². The Morgan fingerprint density at radius 3 is 2.58 bits per heavy atom. The van der Waals surface area contributed by atoms with E-state index in [-0.39, 0.29) is 11.8 Å². The average Bonchev–Trinajstić information content (AvgIpc) is 2.56. The lowest BCUT2D eigenvalue weighted by atomic mass is 10.1. The maximum Gasteiger partial charge on any atom is 0.254 e. The minimum absolute atomic E-state index is 0.0674. The summed E-state index contributed by atoms with van der Waals surface area (Å²) in [6, 6.07) is 14.2. The molecule has 1 heterocycles. The van der Waals surface area contributed by atoms with E-state index in [1.165, 1.54) is 0 Å². The van der Waals surface area contributed by atoms with Gasteiger partial charge in [0.2, 0.25) is 5.91 Å². The van der Waals surface area contributed by atoms with Gasteiger partial charge in [0.05, 0.1) is 0 Å². The van der Waals surface area contributed by atoms with Crippen LogP contribution in [0.4, 0.5) is 5.69 Å². The van der Waals surface area contributed by atoms with E-state index < -0.39 is 6.04 Å². The topological polar surface area (TPSA) is 40.6 Å². The molecule has 2 aromatic carbocycles. The fourth-order valence-electron chi connectivity index (χ4n) is 2.99. The molecule has 2 amide bonds. The summed E-state index contributed by atoms with van der Waals surface area (Å²) in [5.74, 6) is -0.232. The van der Waals surface area contributed by atoms with Crippen LogP contribution in [0.2, 0.25) is 5.02 Å². The number of anilines is 1. The first kappa shape index (κ1) is 16.5. The summed E-state index contributed by atoms with van der Waals surface area (Å²) in [4.78, 5) is 28.8. The van der Waals surface area contributed by atoms with Gasteiger partial charge in [-0.15, -0.1) is 0 Å². The molecule has 1 aliphatic heterocycles. The standard InChI is InChI=1S/C19H19ClN2O2/c1-13-5-3-8-17(11-13)22-10-9-21(14(2)18(22)23)19(24)15-6-4-7-16(20)12-15/h3-8,11-12,14H,9-10H2,1-2H3/t14-/m1/s1. The van der Waals surface area contributed by atoms with Gasteiger partial charge in [-0.3, -0.25) is 9.59 Å². The number of nitrogens with zero attached hydrogens (tertiary/aromatic N) is 2. The number of aryl methyl sites for hydroxylation is 1. The molecule has 0 unspecified atom stereocenters. The van der Waals surface area contributed by atoms with E-state index in [1.807, 2.05) is 31.2 Å². The van der Waals surface area contributed by atoms with Crippen molar-refractivity contribution in [1.82, 2.24) is 4.90 Å². The molecule has 0 bridgehead atoms. The highest BCUT2D eigenvalue weighted by Gasteiger charge is 2.35. The molecule has 0 radical (unpaired) electrons. The van der Waals surface area contributed by atoms with Crippen molar-refractivity contribution in [3.8, 4) is 0 Å². The van der Waals surface area contributed by atoms with Crippen molar-refractivity contribution in [1.29, 1.82) is 0 Å². The van der Waals surface area contributed by atoms with Gasteiger partial charge in [0.25, 0.3) is 5.91 Å². The summed E-state index contributed by atoms with van der Waals surface area (Å²) < 4.78 is 0. The van der Waals surface area contributed by atoms with Crippen molar-refractivity contribution in [2.75, 3.05) is 18.0 Å². The molecule has 5 heteroatoms. The Balaban J connectivity index is 1.81. The van der Waals surface area contributed by atoms with Gasteiger partial charge < -0.3 is 9.80 Å². The van der Waals surface area contributed by atoms with E-state index in [1.54, 1.807) is 41.0 Å². The Morgan fingerprint density at radius 2 is 1.88 bits per heavy atom. The van der Waals surface area contributed by atoms with Crippen LogP contribution in [0.25, 0.3) is 0 Å². The van der Waals surface area contributed by atoms with Gasteiger partial charge >= 0.3 is 0 Å². The van der Waals surface area contributed by atoms with Crippen LogP contribution in [0.15, 0.2) is 48.5 Å². The van der Waals surface area contributed by atoms with Crippen LogP contribution in [0.1, 0.15) is 22.8 Å². The van der Waals surface area contributed by atoms with Crippen molar-refractivity contribution in [2.45, 2.75) is 19.9 Å². The molecule has 24 heavy (non-hydrogen) atoms. The molecular formula is C19H19ClN2O2. The van der Waals surface area contributed by atoms with Gasteiger partial charge in [-0.2, -0.15) is 0 Å². The Hall–Kier alpha value is -2.33. The van der Waals surface area contributed by atoms with Crippen LogP contribution < -0.4 is 4.90 Å². The molecule has 0 aromatic heterocycles. The summed E-state index contributed by atoms with van der Waals surface area (Å²) in [6.07, 6.45) is 0. The fraction of sp³-hybridized carbons (Fsp3) is 0.263. The second-order valence-electron chi connectivity index (χ2n) is 6.01. The number of hydrogen-bond acceptors (Lipinski definition) is 2. The van der Waals surface area contributed by atoms with Gasteiger partial charge in [0, 0.05) is 29.4 Å². The maximum absolute atomic E-state index is 12.8. The molecule has 1 aliphatic rings. The number of amides is 2. The van der Waals surface area contributed by atoms with E-state index in [0.717, 1.165) is 11.3 Å². The number of hydrogen-bond donors (Lipinski definition) is 0. The highest BCUT2D eigenvalue weighted by molar-refractivity contribution is 6.31. The Morgan fingerprint density at radius 1 is 1.12 bits per heavy atom. The quantitative estimate of drug-likeness (QED) is 0.837. The Bertz CT molecular complexity index is 790. The first-order valence-corrected chi connectivity index (χ1v) is 8.30. The van der Waals surface area contributed by atoms with E-state index in [9.17, 15) is 9.59 Å². The van der Waals surface area contributed by atoms with Crippen molar-refractivity contribution >= 4 is 29.1 Å². The Kier molecular flexibility index (Phi) is 4.58. The third-order valence-corrected chi connectivity index (χ3v) is 4.54. The number of piperazine rings is 1. The molecule has 124 valence electrons. The van der Waals surface area contributed by atoms with Gasteiger partial charge in [0.15, 0.2) is 0 Å². The fourth-order valence-corrected chi connectivity index (χ4v) is 3.18. The van der Waals surface area contributed by atoms with Crippen LogP contribution in [0.5, 0.6) is 0 Å². The van der Waals surface area contributed by atoms with Gasteiger partial charge in [-0.1, -0.05) is 29.8 Å². The number of carbonyl (C=O) groups is 2. The van der Waals surface area contributed by atoms with Gasteiger partial charge in [-0.25, -0.2) is 0 Å². The zero-order valence-corrected chi connectivity index (χ0v) is 14.5. The monoisotopic (exact) mass is 342 g/mol. The van der Waals surface area contributed by atoms with Crippen molar-refractivity contribution in [3.05, 3.63) is 64.7 Å². The number of rotatable bonds is 2. The second kappa shape index (κ2) is 6.65. The summed E-state index contributed by atoms with van der Waals surface area (Å²) >= 11 is 5.97. The highest BCUT2D eigenvalue weighted by Crippen LogP contribution is 2.23. The lowest BCUT2D eigenvalue weighted by molar-refractivity contribution is -0.124. The van der Waals surface area contributed by atoms with Crippen LogP contribution in [-0.2, 0) is 4.79 Å². The summed E-state index contributed by atoms with van der Waals surface area (Å²) in [7, 11) is 0. The van der Waals surface area contributed by atoms with Crippen LogP contribution in [0, 0.1) is 6.92 Å². The minimum atomic E-state index is -0.509. The van der Waals surface area contributed by atoms with E-state index in [0.29, 0.717) is 23.7 Å². The Labute approximate surface area is 146 Å². The van der Waals surface area contributed by atoms with Gasteiger partial charge in [-0.05, 0) is 49.7 Å². The number of halogens is 1. The SMILES string of the molecule is Cc1cccc(N2CCN(C(=O)c3cccc(Cl)c3)[C@H](C)C2=O)c1. The minimum Gasteiger partial charge on any atom is -0.325 e. The second-order valence-corrected chi connectivity index (χ2v) is 6.45. The number of carbonyl (C=O) groups excluding carboxylic acids is 2. The lowest BCUT2D eigenvalue weighted by Crippen LogP contribution is -2.57. The highest BCUT2D eigenvalue weighted by atomic mass is 35.5. The molecule has 1 saturated heterocycles. The van der Waals surface area contributed by atoms with E-state index in [4.69, 9.17) is 11.6 Å². The maximum atomic E-state index is 12.8. The summed E-state index contributed by atoms with van der Waals surface area (Å²) in [5, 5.41) is 0.512. The van der Waals surface area contributed by atoms with E-state index >= 15 is 0 Å². The molecule has 0 N–H and O–H groups in total. The smallest absolute Gasteiger partial charge is 0.254 e. The van der Waals surface area contributed by atoms with Crippen molar-refractivity contribution in [3.63, 3.8) is 0 Å². The van der Waals surface area contributed by atoms with Crippen molar-refractivity contribution < 1.29 is 9.59 Å². The van der Waals surface area contributed by atoms with Crippen molar-refractivity contribution in [2.24, 2.45) is 0 Å². The largest absolute Gasteiger partial charge is 0.325 e. The molecule has 1 atom stereocenters. The zero-order chi connectivity index (χ0) is 17.3. The normalized spacial score (nSPS) is 18.0. The predicted octanol–water partition coefficient (Wildman–Crippen LogP) is 3.53. The zero-order valence-electron chi connectivity index (χ0n) is 13.7. The molecule has 4 nitrogen and oxygen atoms in total. The molecule has 2 aromatic rings. The molecule has 1 fully saturated rings. The van der Waals surface area contributed by atoms with Crippen LogP contribution in [0.3, 0.4) is 0 Å². The predicted molar refractivity (Wildman–Crippen MR) is 95.5 cm³/mol. The third kappa shape index (κ3) is 3.15. The van der Waals surface area contributed by atoms with Gasteiger partial charge in [0.1, 0.15) is 6.04 Å². The summed E-state index contributed by atoms with van der Waals surface area (Å²) in [5.41, 5.74) is 2.48. The molecule has 0 spiro atoms. The van der Waals surface area contributed by atoms with Crippen LogP contribution >= 0.6 is 11.6 Å². The third-order valence-electron chi connectivity index (χ3n) is 4.30.